The number of fused-ring (bicyclic) bond motifs is 2. The maximum Gasteiger partial charge on any atom is 0.246 e. The van der Waals surface area contributed by atoms with Gasteiger partial charge in [-0.3, -0.25) is 9.59 Å². The Kier molecular flexibility index (Phi) is 3.40. The van der Waals surface area contributed by atoms with E-state index in [1.807, 2.05) is 12.1 Å². The van der Waals surface area contributed by atoms with Crippen molar-refractivity contribution >= 4 is 33.2 Å². The minimum Gasteiger partial charge on any atom is -0.370 e. The van der Waals surface area contributed by atoms with Crippen LogP contribution in [0.5, 0.6) is 0 Å². The lowest BCUT2D eigenvalue weighted by Crippen LogP contribution is -2.71. The molecular weight excluding hydrogens is 336 g/mol. The Morgan fingerprint density at radius 1 is 1.28 bits per heavy atom. The smallest absolute Gasteiger partial charge is 0.246 e. The summed E-state index contributed by atoms with van der Waals surface area (Å²) in [4.78, 5) is 27.3. The van der Waals surface area contributed by atoms with Crippen molar-refractivity contribution in [2.75, 3.05) is 13.2 Å². The third kappa shape index (κ3) is 2.39. The van der Waals surface area contributed by atoms with Crippen LogP contribution < -0.4 is 5.32 Å². The molecular formula is C19H20N2O3S. The summed E-state index contributed by atoms with van der Waals surface area (Å²) in [6.45, 7) is 0.885. The van der Waals surface area contributed by atoms with Gasteiger partial charge in [-0.05, 0) is 41.7 Å². The summed E-state index contributed by atoms with van der Waals surface area (Å²) in [6, 6.07) is 7.26. The molecule has 3 aliphatic rings. The van der Waals surface area contributed by atoms with E-state index in [1.165, 1.54) is 10.1 Å². The van der Waals surface area contributed by atoms with Crippen molar-refractivity contribution < 1.29 is 14.3 Å². The van der Waals surface area contributed by atoms with Crippen LogP contribution in [0.2, 0.25) is 0 Å². The fourth-order valence-electron chi connectivity index (χ4n) is 4.21. The Labute approximate surface area is 149 Å². The molecule has 5 nitrogen and oxygen atoms in total. The lowest BCUT2D eigenvalue weighted by Gasteiger charge is -2.53. The van der Waals surface area contributed by atoms with Crippen molar-refractivity contribution in [3.8, 4) is 0 Å². The Hall–Kier alpha value is -1.92. The summed E-state index contributed by atoms with van der Waals surface area (Å²) in [5.74, 6) is -0.0484. The van der Waals surface area contributed by atoms with E-state index in [1.54, 1.807) is 16.2 Å². The monoisotopic (exact) mass is 356 g/mol. The van der Waals surface area contributed by atoms with Gasteiger partial charge in [0.05, 0.1) is 18.8 Å². The normalized spacial score (nSPS) is 27.9. The molecule has 2 aromatic rings. The minimum absolute atomic E-state index is 0.0365. The van der Waals surface area contributed by atoms with Crippen molar-refractivity contribution in [1.29, 1.82) is 0 Å². The summed E-state index contributed by atoms with van der Waals surface area (Å²) in [6.07, 6.45) is 3.67. The predicted octanol–water partition coefficient (Wildman–Crippen LogP) is 2.09. The van der Waals surface area contributed by atoms with E-state index >= 15 is 0 Å². The first-order chi connectivity index (χ1) is 12.2. The fraction of sp³-hybridized carbons (Fsp3) is 0.474. The van der Waals surface area contributed by atoms with Crippen LogP contribution in [0.3, 0.4) is 0 Å². The standard InChI is InChI=1S/C19H20N2O3S/c22-17-15-9-24-19(6-3-7-19)11-21(15)18(23)14(20-17)8-12-10-25-16-5-2-1-4-13(12)16/h1-2,4-5,10,14-15H,3,6-9,11H2,(H,20,22). The summed E-state index contributed by atoms with van der Waals surface area (Å²) in [5.41, 5.74) is 0.938. The van der Waals surface area contributed by atoms with E-state index in [0.717, 1.165) is 24.8 Å². The van der Waals surface area contributed by atoms with Gasteiger partial charge in [-0.25, -0.2) is 0 Å². The van der Waals surface area contributed by atoms with E-state index in [-0.39, 0.29) is 17.4 Å². The Morgan fingerprint density at radius 3 is 2.92 bits per heavy atom. The molecule has 0 radical (unpaired) electrons. The topological polar surface area (TPSA) is 58.6 Å². The largest absolute Gasteiger partial charge is 0.370 e. The Bertz CT molecular complexity index is 857. The number of hydrogen-bond donors (Lipinski definition) is 1. The van der Waals surface area contributed by atoms with Crippen molar-refractivity contribution in [3.05, 3.63) is 35.2 Å². The van der Waals surface area contributed by atoms with Crippen LogP contribution in [0.15, 0.2) is 29.6 Å². The van der Waals surface area contributed by atoms with Crippen LogP contribution in [0, 0.1) is 0 Å². The third-order valence-corrected chi connectivity index (χ3v) is 6.84. The van der Waals surface area contributed by atoms with Crippen LogP contribution in [0.1, 0.15) is 24.8 Å². The summed E-state index contributed by atoms with van der Waals surface area (Å²) in [7, 11) is 0. The molecule has 2 saturated heterocycles. The number of amides is 2. The quantitative estimate of drug-likeness (QED) is 0.896. The van der Waals surface area contributed by atoms with E-state index in [2.05, 4.69) is 22.8 Å². The molecule has 1 aliphatic carbocycles. The highest BCUT2D eigenvalue weighted by atomic mass is 32.1. The molecule has 130 valence electrons. The number of benzene rings is 1. The molecule has 2 amide bonds. The summed E-state index contributed by atoms with van der Waals surface area (Å²) >= 11 is 1.68. The SMILES string of the molecule is O=C1NC(Cc2csc3ccccc23)C(=O)N2CC3(CCC3)OCC12. The van der Waals surface area contributed by atoms with Crippen LogP contribution in [-0.4, -0.2) is 47.6 Å². The zero-order valence-electron chi connectivity index (χ0n) is 13.9. The summed E-state index contributed by atoms with van der Waals surface area (Å²) in [5, 5.41) is 6.20. The molecule has 3 fully saturated rings. The van der Waals surface area contributed by atoms with E-state index in [4.69, 9.17) is 4.74 Å². The third-order valence-electron chi connectivity index (χ3n) is 5.83. The fourth-order valence-corrected chi connectivity index (χ4v) is 5.19. The van der Waals surface area contributed by atoms with Crippen LogP contribution in [0.25, 0.3) is 10.1 Å². The molecule has 2 atom stereocenters. The molecule has 1 N–H and O–H groups in total. The van der Waals surface area contributed by atoms with Crippen LogP contribution >= 0.6 is 11.3 Å². The molecule has 5 rings (SSSR count). The van der Waals surface area contributed by atoms with Gasteiger partial charge in [0.2, 0.25) is 11.8 Å². The van der Waals surface area contributed by atoms with Gasteiger partial charge in [-0.15, -0.1) is 11.3 Å². The average molecular weight is 356 g/mol. The van der Waals surface area contributed by atoms with Gasteiger partial charge in [-0.2, -0.15) is 0 Å². The van der Waals surface area contributed by atoms with E-state index in [0.29, 0.717) is 19.6 Å². The first-order valence-corrected chi connectivity index (χ1v) is 9.73. The van der Waals surface area contributed by atoms with Gasteiger partial charge in [-0.1, -0.05) is 18.2 Å². The molecule has 1 aromatic heterocycles. The Morgan fingerprint density at radius 2 is 2.12 bits per heavy atom. The number of thiophene rings is 1. The lowest BCUT2D eigenvalue weighted by atomic mass is 9.78. The second-order valence-electron chi connectivity index (χ2n) is 7.35. The first kappa shape index (κ1) is 15.3. The molecule has 1 spiro atoms. The number of nitrogens with zero attached hydrogens (tertiary/aromatic N) is 1. The number of hydrogen-bond acceptors (Lipinski definition) is 4. The van der Waals surface area contributed by atoms with Gasteiger partial charge < -0.3 is 15.0 Å². The highest BCUT2D eigenvalue weighted by Crippen LogP contribution is 2.40. The predicted molar refractivity (Wildman–Crippen MR) is 95.5 cm³/mol. The van der Waals surface area contributed by atoms with Crippen molar-refractivity contribution in [3.63, 3.8) is 0 Å². The number of carbonyl (C=O) groups excluding carboxylic acids is 2. The second-order valence-corrected chi connectivity index (χ2v) is 8.26. The number of piperazine rings is 1. The number of ether oxygens (including phenoxy) is 1. The van der Waals surface area contributed by atoms with Gasteiger partial charge in [0.1, 0.15) is 12.1 Å². The average Bonchev–Trinajstić information content (AvgIpc) is 3.01. The molecule has 2 unspecified atom stereocenters. The second kappa shape index (κ2) is 5.54. The van der Waals surface area contributed by atoms with Crippen LogP contribution in [0.4, 0.5) is 0 Å². The molecule has 25 heavy (non-hydrogen) atoms. The molecule has 3 heterocycles. The highest BCUT2D eigenvalue weighted by molar-refractivity contribution is 7.17. The van der Waals surface area contributed by atoms with Crippen LogP contribution in [-0.2, 0) is 20.7 Å². The van der Waals surface area contributed by atoms with Gasteiger partial charge >= 0.3 is 0 Å². The van der Waals surface area contributed by atoms with Gasteiger partial charge in [0.25, 0.3) is 0 Å². The zero-order chi connectivity index (χ0) is 17.0. The molecule has 6 heteroatoms. The number of rotatable bonds is 2. The van der Waals surface area contributed by atoms with Crippen molar-refractivity contribution in [2.24, 2.45) is 0 Å². The summed E-state index contributed by atoms with van der Waals surface area (Å²) < 4.78 is 7.15. The maximum absolute atomic E-state index is 13.1. The van der Waals surface area contributed by atoms with Gasteiger partial charge in [0.15, 0.2) is 0 Å². The lowest BCUT2D eigenvalue weighted by molar-refractivity contribution is -0.192. The maximum atomic E-state index is 13.1. The van der Waals surface area contributed by atoms with Gasteiger partial charge in [0, 0.05) is 11.1 Å². The van der Waals surface area contributed by atoms with Crippen molar-refractivity contribution in [2.45, 2.75) is 43.4 Å². The highest BCUT2D eigenvalue weighted by Gasteiger charge is 2.51. The molecule has 0 bridgehead atoms. The van der Waals surface area contributed by atoms with E-state index in [9.17, 15) is 9.59 Å². The molecule has 1 saturated carbocycles. The first-order valence-electron chi connectivity index (χ1n) is 8.85. The van der Waals surface area contributed by atoms with E-state index < -0.39 is 12.1 Å². The molecule has 2 aliphatic heterocycles. The minimum atomic E-state index is -0.475. The Balaban J connectivity index is 1.40. The zero-order valence-corrected chi connectivity index (χ0v) is 14.7. The number of carbonyl (C=O) groups is 2. The number of nitrogens with one attached hydrogen (secondary N) is 1. The molecule has 1 aromatic carbocycles. The number of morpholine rings is 1. The van der Waals surface area contributed by atoms with Crippen molar-refractivity contribution in [1.82, 2.24) is 10.2 Å².